The largest absolute Gasteiger partial charge is 0.320 e. The highest BCUT2D eigenvalue weighted by atomic mass is 32.1. The monoisotopic (exact) mass is 333 g/mol. The van der Waals surface area contributed by atoms with Crippen molar-refractivity contribution >= 4 is 22.3 Å². The average molecular weight is 333 g/mol. The van der Waals surface area contributed by atoms with E-state index >= 15 is 0 Å². The van der Waals surface area contributed by atoms with E-state index in [4.69, 9.17) is 4.98 Å². The Balaban J connectivity index is 1.64. The Labute approximate surface area is 146 Å². The lowest BCUT2D eigenvalue weighted by Crippen LogP contribution is -2.15. The zero-order chi connectivity index (χ0) is 16.2. The third-order valence-corrected chi connectivity index (χ3v) is 4.93. The quantitative estimate of drug-likeness (QED) is 0.690. The number of nitrogens with zero attached hydrogens (tertiary/aromatic N) is 2. The molecule has 0 atom stereocenters. The smallest absolute Gasteiger partial charge is 0.188 e. The third-order valence-electron chi connectivity index (χ3n) is 4.17. The van der Waals surface area contributed by atoms with E-state index in [1.807, 2.05) is 6.07 Å². The van der Waals surface area contributed by atoms with Gasteiger partial charge in [0.05, 0.1) is 5.69 Å². The van der Waals surface area contributed by atoms with Crippen LogP contribution in [0.4, 0.5) is 5.13 Å². The summed E-state index contributed by atoms with van der Waals surface area (Å²) in [4.78, 5) is 9.33. The molecule has 0 radical (unpaired) electrons. The Morgan fingerprint density at radius 2 is 1.67 bits per heavy atom. The molecule has 0 unspecified atom stereocenters. The first kappa shape index (κ1) is 15.1. The Bertz CT molecular complexity index is 852. The number of rotatable bonds is 3. The second kappa shape index (κ2) is 6.97. The van der Waals surface area contributed by atoms with Crippen LogP contribution in [0.3, 0.4) is 0 Å². The van der Waals surface area contributed by atoms with Gasteiger partial charge in [-0.15, -0.1) is 11.3 Å². The molecule has 1 aromatic heterocycles. The molecular formula is C20H19N3S. The minimum atomic E-state index is 0.925. The van der Waals surface area contributed by atoms with E-state index in [1.165, 1.54) is 29.5 Å². The maximum Gasteiger partial charge on any atom is 0.188 e. The van der Waals surface area contributed by atoms with Crippen LogP contribution in [0.5, 0.6) is 0 Å². The van der Waals surface area contributed by atoms with Gasteiger partial charge in [0.1, 0.15) is 5.84 Å². The number of nitrogens with one attached hydrogen (secondary N) is 1. The Morgan fingerprint density at radius 1 is 0.875 bits per heavy atom. The molecular weight excluding hydrogens is 314 g/mol. The highest BCUT2D eigenvalue weighted by molar-refractivity contribution is 7.14. The molecule has 0 aliphatic carbocycles. The summed E-state index contributed by atoms with van der Waals surface area (Å²) in [5.74, 6) is 1.07. The van der Waals surface area contributed by atoms with Crippen LogP contribution in [-0.4, -0.2) is 17.4 Å². The number of anilines is 1. The number of hydrogen-bond donors (Lipinski definition) is 1. The summed E-state index contributed by atoms with van der Waals surface area (Å²) in [5.41, 5.74) is 4.61. The molecule has 0 bridgehead atoms. The highest BCUT2D eigenvalue weighted by Gasteiger charge is 2.12. The lowest BCUT2D eigenvalue weighted by atomic mass is 9.98. The fourth-order valence-corrected chi connectivity index (χ4v) is 3.68. The lowest BCUT2D eigenvalue weighted by Gasteiger charge is -2.11. The van der Waals surface area contributed by atoms with Crippen LogP contribution in [0.25, 0.3) is 22.4 Å². The van der Waals surface area contributed by atoms with Crippen molar-refractivity contribution in [3.63, 3.8) is 0 Å². The van der Waals surface area contributed by atoms with E-state index in [1.54, 1.807) is 11.3 Å². The summed E-state index contributed by atoms with van der Waals surface area (Å²) in [7, 11) is 0. The van der Waals surface area contributed by atoms with E-state index in [0.717, 1.165) is 29.6 Å². The van der Waals surface area contributed by atoms with E-state index in [-0.39, 0.29) is 0 Å². The van der Waals surface area contributed by atoms with Gasteiger partial charge < -0.3 is 5.32 Å². The highest BCUT2D eigenvalue weighted by Crippen LogP contribution is 2.33. The van der Waals surface area contributed by atoms with Gasteiger partial charge in [0, 0.05) is 23.9 Å². The Morgan fingerprint density at radius 3 is 2.46 bits per heavy atom. The van der Waals surface area contributed by atoms with Gasteiger partial charge in [-0.2, -0.15) is 0 Å². The number of amidine groups is 1. The van der Waals surface area contributed by atoms with Gasteiger partial charge in [0.25, 0.3) is 0 Å². The molecule has 0 saturated heterocycles. The van der Waals surface area contributed by atoms with Crippen molar-refractivity contribution < 1.29 is 0 Å². The summed E-state index contributed by atoms with van der Waals surface area (Å²) in [6.07, 6.45) is 3.43. The maximum absolute atomic E-state index is 4.79. The minimum Gasteiger partial charge on any atom is -0.320 e. The maximum atomic E-state index is 4.79. The van der Waals surface area contributed by atoms with Crippen LogP contribution in [-0.2, 0) is 0 Å². The van der Waals surface area contributed by atoms with E-state index < -0.39 is 0 Å². The lowest BCUT2D eigenvalue weighted by molar-refractivity contribution is 0.737. The van der Waals surface area contributed by atoms with Crippen molar-refractivity contribution in [2.75, 3.05) is 11.9 Å². The number of aromatic nitrogens is 1. The van der Waals surface area contributed by atoms with Gasteiger partial charge in [-0.3, -0.25) is 4.99 Å². The van der Waals surface area contributed by atoms with Crippen molar-refractivity contribution in [1.82, 2.24) is 4.98 Å². The van der Waals surface area contributed by atoms with Crippen LogP contribution < -0.4 is 5.32 Å². The summed E-state index contributed by atoms with van der Waals surface area (Å²) in [5, 5.41) is 6.43. The Hall–Kier alpha value is -2.46. The number of aliphatic imine (C=N–C) groups is 1. The molecule has 4 rings (SSSR count). The zero-order valence-electron chi connectivity index (χ0n) is 13.4. The van der Waals surface area contributed by atoms with E-state index in [2.05, 4.69) is 64.2 Å². The molecule has 0 spiro atoms. The molecule has 3 aromatic rings. The fraction of sp³-hybridized carbons (Fsp3) is 0.200. The SMILES string of the molecule is c1ccc(-c2ccccc2-c2csc(NC3=NCCCC3)n2)cc1. The minimum absolute atomic E-state index is 0.925. The second-order valence-electron chi connectivity index (χ2n) is 5.86. The average Bonchev–Trinajstić information content (AvgIpc) is 3.12. The van der Waals surface area contributed by atoms with Crippen molar-refractivity contribution in [1.29, 1.82) is 0 Å². The van der Waals surface area contributed by atoms with Gasteiger partial charge in [0.2, 0.25) is 0 Å². The molecule has 24 heavy (non-hydrogen) atoms. The Kier molecular flexibility index (Phi) is 4.38. The fourth-order valence-electron chi connectivity index (χ4n) is 2.95. The van der Waals surface area contributed by atoms with E-state index in [9.17, 15) is 0 Å². The molecule has 0 fully saturated rings. The molecule has 4 heteroatoms. The van der Waals surface area contributed by atoms with Gasteiger partial charge in [-0.25, -0.2) is 4.98 Å². The van der Waals surface area contributed by atoms with Crippen molar-refractivity contribution in [3.8, 4) is 22.4 Å². The molecule has 0 amide bonds. The standard InChI is InChI=1S/C20H19N3S/c1-2-8-15(9-3-1)16-10-4-5-11-17(16)18-14-24-20(22-18)23-19-12-6-7-13-21-19/h1-5,8-11,14H,6-7,12-13H2,(H,21,22,23). The van der Waals surface area contributed by atoms with Crippen LogP contribution >= 0.6 is 11.3 Å². The van der Waals surface area contributed by atoms with Gasteiger partial charge in [-0.1, -0.05) is 54.6 Å². The normalized spacial score (nSPS) is 14.2. The van der Waals surface area contributed by atoms with Crippen LogP contribution in [0.2, 0.25) is 0 Å². The first-order valence-corrected chi connectivity index (χ1v) is 9.19. The second-order valence-corrected chi connectivity index (χ2v) is 6.72. The molecule has 1 aliphatic rings. The van der Waals surface area contributed by atoms with Crippen LogP contribution in [0, 0.1) is 0 Å². The molecule has 1 aliphatic heterocycles. The van der Waals surface area contributed by atoms with Gasteiger partial charge in [0.15, 0.2) is 5.13 Å². The number of benzene rings is 2. The van der Waals surface area contributed by atoms with Crippen LogP contribution in [0.1, 0.15) is 19.3 Å². The summed E-state index contributed by atoms with van der Waals surface area (Å²) in [6.45, 7) is 0.928. The summed E-state index contributed by atoms with van der Waals surface area (Å²) in [6, 6.07) is 18.9. The molecule has 120 valence electrons. The molecule has 1 N–H and O–H groups in total. The first-order valence-electron chi connectivity index (χ1n) is 8.31. The number of thiazole rings is 1. The first-order chi connectivity index (χ1) is 11.9. The zero-order valence-corrected chi connectivity index (χ0v) is 14.2. The predicted octanol–water partition coefficient (Wildman–Crippen LogP) is 5.47. The summed E-state index contributed by atoms with van der Waals surface area (Å²) < 4.78 is 0. The molecule has 2 heterocycles. The number of hydrogen-bond acceptors (Lipinski definition) is 4. The van der Waals surface area contributed by atoms with Gasteiger partial charge >= 0.3 is 0 Å². The van der Waals surface area contributed by atoms with Gasteiger partial charge in [-0.05, 0) is 24.0 Å². The van der Waals surface area contributed by atoms with Crippen molar-refractivity contribution in [2.24, 2.45) is 4.99 Å². The molecule has 0 saturated carbocycles. The third kappa shape index (κ3) is 3.24. The van der Waals surface area contributed by atoms with E-state index in [0.29, 0.717) is 0 Å². The van der Waals surface area contributed by atoms with Crippen molar-refractivity contribution in [2.45, 2.75) is 19.3 Å². The summed E-state index contributed by atoms with van der Waals surface area (Å²) >= 11 is 1.64. The predicted molar refractivity (Wildman–Crippen MR) is 103 cm³/mol. The molecule has 2 aromatic carbocycles. The molecule has 3 nitrogen and oxygen atoms in total. The topological polar surface area (TPSA) is 37.3 Å². The van der Waals surface area contributed by atoms with Crippen LogP contribution in [0.15, 0.2) is 65.0 Å². The van der Waals surface area contributed by atoms with Crippen molar-refractivity contribution in [3.05, 3.63) is 60.0 Å².